The van der Waals surface area contributed by atoms with Gasteiger partial charge in [-0.15, -0.1) is 0 Å². The Morgan fingerprint density at radius 1 is 0.600 bits per heavy atom. The van der Waals surface area contributed by atoms with E-state index in [2.05, 4.69) is 4.98 Å². The van der Waals surface area contributed by atoms with Gasteiger partial charge in [0.15, 0.2) is 5.43 Å². The Balaban J connectivity index is 2.31. The zero-order valence-corrected chi connectivity index (χ0v) is 16.7. The molecule has 1 N–H and O–H groups in total. The van der Waals surface area contributed by atoms with E-state index in [-0.39, 0.29) is 15.5 Å². The van der Waals surface area contributed by atoms with Crippen LogP contribution in [0.25, 0.3) is 22.5 Å². The molecule has 0 atom stereocenters. The van der Waals surface area contributed by atoms with Gasteiger partial charge in [0.25, 0.3) is 0 Å². The molecule has 0 aliphatic heterocycles. The Kier molecular flexibility index (Phi) is 5.60. The van der Waals surface area contributed by atoms with Crippen molar-refractivity contribution in [3.8, 4) is 22.5 Å². The van der Waals surface area contributed by atoms with E-state index in [9.17, 15) is 4.79 Å². The third-order valence-corrected chi connectivity index (χ3v) is 5.71. The summed E-state index contributed by atoms with van der Waals surface area (Å²) >= 11 is 37.1. The van der Waals surface area contributed by atoms with Crippen LogP contribution in [-0.4, -0.2) is 4.98 Å². The first-order chi connectivity index (χ1) is 11.8. The standard InChI is InChI=1S/C17H7Cl6NO/c18-8-1-3-10(20)16(22)14(8)12-5-7(25)6-13(24-12)15-9(19)2-4-11(21)17(15)23/h1-6H,(H,24,25). The van der Waals surface area contributed by atoms with E-state index >= 15 is 0 Å². The number of pyridine rings is 1. The van der Waals surface area contributed by atoms with Crippen molar-refractivity contribution in [2.45, 2.75) is 0 Å². The molecule has 0 saturated carbocycles. The second-order valence-corrected chi connectivity index (χ2v) is 7.46. The molecule has 25 heavy (non-hydrogen) atoms. The van der Waals surface area contributed by atoms with Crippen LogP contribution in [-0.2, 0) is 0 Å². The molecule has 0 unspecified atom stereocenters. The van der Waals surface area contributed by atoms with Crippen molar-refractivity contribution in [2.24, 2.45) is 0 Å². The van der Waals surface area contributed by atoms with Gasteiger partial charge in [0.05, 0.1) is 41.5 Å². The molecule has 128 valence electrons. The number of halogens is 6. The molecule has 1 aromatic heterocycles. The lowest BCUT2D eigenvalue weighted by molar-refractivity contribution is 1.30. The summed E-state index contributed by atoms with van der Waals surface area (Å²) in [6.45, 7) is 0. The summed E-state index contributed by atoms with van der Waals surface area (Å²) in [5, 5.41) is 1.75. The third kappa shape index (κ3) is 3.66. The molecule has 2 aromatic carbocycles. The van der Waals surface area contributed by atoms with Gasteiger partial charge < -0.3 is 4.98 Å². The summed E-state index contributed by atoms with van der Waals surface area (Å²) < 4.78 is 0. The highest BCUT2D eigenvalue weighted by molar-refractivity contribution is 6.47. The summed E-state index contributed by atoms with van der Waals surface area (Å²) in [7, 11) is 0. The zero-order chi connectivity index (χ0) is 18.3. The van der Waals surface area contributed by atoms with Gasteiger partial charge >= 0.3 is 0 Å². The van der Waals surface area contributed by atoms with Crippen molar-refractivity contribution >= 4 is 69.6 Å². The van der Waals surface area contributed by atoms with E-state index < -0.39 is 0 Å². The maximum absolute atomic E-state index is 12.2. The van der Waals surface area contributed by atoms with Crippen molar-refractivity contribution in [1.29, 1.82) is 0 Å². The van der Waals surface area contributed by atoms with Gasteiger partial charge in [0, 0.05) is 23.3 Å². The van der Waals surface area contributed by atoms with Crippen LogP contribution in [0.1, 0.15) is 0 Å². The minimum atomic E-state index is -0.289. The van der Waals surface area contributed by atoms with Crippen molar-refractivity contribution in [2.75, 3.05) is 0 Å². The van der Waals surface area contributed by atoms with Crippen molar-refractivity contribution in [3.63, 3.8) is 0 Å². The van der Waals surface area contributed by atoms with Crippen LogP contribution in [0, 0.1) is 0 Å². The molecule has 0 bridgehead atoms. The van der Waals surface area contributed by atoms with E-state index in [0.717, 1.165) is 0 Å². The lowest BCUT2D eigenvalue weighted by atomic mass is 10.1. The number of aromatic nitrogens is 1. The largest absolute Gasteiger partial charge is 0.354 e. The molecule has 0 spiro atoms. The Hall–Kier alpha value is -0.870. The average Bonchev–Trinajstić information content (AvgIpc) is 2.55. The molecular formula is C17H7Cl6NO. The number of H-pyrrole nitrogens is 1. The fraction of sp³-hybridized carbons (Fsp3) is 0. The fourth-order valence-corrected chi connectivity index (χ4v) is 3.82. The number of benzene rings is 2. The van der Waals surface area contributed by atoms with Gasteiger partial charge in [-0.2, -0.15) is 0 Å². The van der Waals surface area contributed by atoms with Crippen molar-refractivity contribution < 1.29 is 0 Å². The van der Waals surface area contributed by atoms with Crippen LogP contribution in [0.4, 0.5) is 0 Å². The highest BCUT2D eigenvalue weighted by Gasteiger charge is 2.17. The van der Waals surface area contributed by atoms with Gasteiger partial charge in [-0.3, -0.25) is 4.79 Å². The summed E-state index contributed by atoms with van der Waals surface area (Å²) in [6, 6.07) is 9.05. The van der Waals surface area contributed by atoms with Crippen molar-refractivity contribution in [3.05, 3.63) is 76.8 Å². The zero-order valence-electron chi connectivity index (χ0n) is 12.1. The molecule has 0 amide bonds. The molecule has 1 heterocycles. The molecule has 0 aliphatic carbocycles. The number of rotatable bonds is 2. The first kappa shape index (κ1) is 18.9. The topological polar surface area (TPSA) is 32.9 Å². The molecule has 8 heteroatoms. The van der Waals surface area contributed by atoms with Gasteiger partial charge in [-0.25, -0.2) is 0 Å². The number of hydrogen-bond donors (Lipinski definition) is 1. The Labute approximate surface area is 173 Å². The minimum absolute atomic E-state index is 0.227. The predicted molar refractivity (Wildman–Crippen MR) is 108 cm³/mol. The third-order valence-electron chi connectivity index (χ3n) is 3.47. The van der Waals surface area contributed by atoms with E-state index in [1.54, 1.807) is 24.3 Å². The van der Waals surface area contributed by atoms with Crippen LogP contribution < -0.4 is 5.43 Å². The highest BCUT2D eigenvalue weighted by Crippen LogP contribution is 2.41. The van der Waals surface area contributed by atoms with Crippen LogP contribution in [0.15, 0.2) is 41.2 Å². The van der Waals surface area contributed by atoms with E-state index in [1.165, 1.54) is 12.1 Å². The van der Waals surface area contributed by atoms with Gasteiger partial charge in [-0.1, -0.05) is 69.6 Å². The number of aromatic amines is 1. The maximum atomic E-state index is 12.2. The Morgan fingerprint density at radius 3 is 1.36 bits per heavy atom. The predicted octanol–water partition coefficient (Wildman–Crippen LogP) is 7.63. The van der Waals surface area contributed by atoms with Crippen LogP contribution in [0.5, 0.6) is 0 Å². The second kappa shape index (κ2) is 7.40. The first-order valence-electron chi connectivity index (χ1n) is 6.81. The fourth-order valence-electron chi connectivity index (χ4n) is 2.36. The maximum Gasteiger partial charge on any atom is 0.182 e. The van der Waals surface area contributed by atoms with E-state index in [4.69, 9.17) is 69.6 Å². The first-order valence-corrected chi connectivity index (χ1v) is 9.08. The summed E-state index contributed by atoms with van der Waals surface area (Å²) in [5.74, 6) is 0. The molecule has 0 radical (unpaired) electrons. The molecule has 0 aliphatic rings. The average molecular weight is 454 g/mol. The van der Waals surface area contributed by atoms with Crippen LogP contribution in [0.2, 0.25) is 30.1 Å². The molecule has 0 saturated heterocycles. The summed E-state index contributed by atoms with van der Waals surface area (Å²) in [5.41, 5.74) is 1.29. The number of nitrogens with one attached hydrogen (secondary N) is 1. The highest BCUT2D eigenvalue weighted by atomic mass is 35.5. The van der Waals surface area contributed by atoms with Crippen LogP contribution >= 0.6 is 69.6 Å². The van der Waals surface area contributed by atoms with Crippen molar-refractivity contribution in [1.82, 2.24) is 4.98 Å². The van der Waals surface area contributed by atoms with E-state index in [0.29, 0.717) is 42.6 Å². The summed E-state index contributed by atoms with van der Waals surface area (Å²) in [4.78, 5) is 15.3. The lowest BCUT2D eigenvalue weighted by Gasteiger charge is -2.13. The van der Waals surface area contributed by atoms with E-state index in [1.807, 2.05) is 0 Å². The number of hydrogen-bond acceptors (Lipinski definition) is 1. The van der Waals surface area contributed by atoms with Crippen LogP contribution in [0.3, 0.4) is 0 Å². The Morgan fingerprint density at radius 2 is 0.960 bits per heavy atom. The quantitative estimate of drug-likeness (QED) is 0.397. The normalized spacial score (nSPS) is 11.0. The van der Waals surface area contributed by atoms with Gasteiger partial charge in [0.1, 0.15) is 0 Å². The second-order valence-electron chi connectivity index (χ2n) is 5.08. The smallest absolute Gasteiger partial charge is 0.182 e. The van der Waals surface area contributed by atoms with Gasteiger partial charge in [-0.05, 0) is 24.3 Å². The SMILES string of the molecule is O=c1cc(-c2c(Cl)ccc(Cl)c2Cl)[nH]c(-c2c(Cl)ccc(Cl)c2Cl)c1. The monoisotopic (exact) mass is 451 g/mol. The molecule has 0 fully saturated rings. The molecular weight excluding hydrogens is 447 g/mol. The molecule has 3 aromatic rings. The molecule has 2 nitrogen and oxygen atoms in total. The Bertz CT molecular complexity index is 965. The lowest BCUT2D eigenvalue weighted by Crippen LogP contribution is -2.03. The minimum Gasteiger partial charge on any atom is -0.354 e. The van der Waals surface area contributed by atoms with Gasteiger partial charge in [0.2, 0.25) is 0 Å². The summed E-state index contributed by atoms with van der Waals surface area (Å²) in [6.07, 6.45) is 0. The molecule has 3 rings (SSSR count).